The number of aliphatic hydroxyl groups is 2. The maximum atomic E-state index is 11.5. The molecule has 0 saturated carbocycles. The average molecular weight is 321 g/mol. The summed E-state index contributed by atoms with van der Waals surface area (Å²) in [4.78, 5) is 11.5. The number of hydrogen-bond donors (Lipinski definition) is 4. The molecule has 1 aromatic carbocycles. The molecule has 0 aromatic heterocycles. The van der Waals surface area contributed by atoms with E-state index in [0.717, 1.165) is 0 Å². The van der Waals surface area contributed by atoms with Crippen molar-refractivity contribution in [2.45, 2.75) is 45.0 Å². The van der Waals surface area contributed by atoms with Gasteiger partial charge >= 0.3 is 6.09 Å². The van der Waals surface area contributed by atoms with E-state index in [1.165, 1.54) is 12.1 Å². The number of carbonyl (C=O) groups is 1. The summed E-state index contributed by atoms with van der Waals surface area (Å²) in [5.41, 5.74) is 5.89. The summed E-state index contributed by atoms with van der Waals surface area (Å²) in [5.74, 6) is 0. The zero-order chi connectivity index (χ0) is 17.6. The van der Waals surface area contributed by atoms with Crippen LogP contribution >= 0.6 is 0 Å². The van der Waals surface area contributed by atoms with Gasteiger partial charge in [0.1, 0.15) is 11.7 Å². The van der Waals surface area contributed by atoms with Crippen LogP contribution in [0.3, 0.4) is 0 Å². The summed E-state index contributed by atoms with van der Waals surface area (Å²) >= 11 is 0. The Morgan fingerprint density at radius 2 is 2.09 bits per heavy atom. The van der Waals surface area contributed by atoms with E-state index >= 15 is 0 Å². The number of nitrogen functional groups attached to an aromatic ring is 1. The Morgan fingerprint density at radius 3 is 2.65 bits per heavy atom. The van der Waals surface area contributed by atoms with Crippen molar-refractivity contribution in [2.24, 2.45) is 0 Å². The third-order valence-electron chi connectivity index (χ3n) is 2.99. The van der Waals surface area contributed by atoms with E-state index in [2.05, 4.69) is 5.32 Å². The summed E-state index contributed by atoms with van der Waals surface area (Å²) in [5, 5.41) is 31.7. The van der Waals surface area contributed by atoms with Gasteiger partial charge in [-0.2, -0.15) is 5.26 Å². The monoisotopic (exact) mass is 321 g/mol. The molecule has 0 aliphatic rings. The molecule has 7 nitrogen and oxygen atoms in total. The van der Waals surface area contributed by atoms with Crippen molar-refractivity contribution >= 4 is 11.8 Å². The van der Waals surface area contributed by atoms with Crippen molar-refractivity contribution in [2.75, 3.05) is 12.3 Å². The highest BCUT2D eigenvalue weighted by molar-refractivity contribution is 5.67. The molecule has 0 saturated heterocycles. The van der Waals surface area contributed by atoms with Crippen LogP contribution in [0.15, 0.2) is 18.2 Å². The molecule has 5 N–H and O–H groups in total. The molecule has 2 unspecified atom stereocenters. The van der Waals surface area contributed by atoms with E-state index in [-0.39, 0.29) is 18.5 Å². The molecular weight excluding hydrogens is 298 g/mol. The standard InChI is InChI=1S/C16H23N3O4/c1-16(2,3)23-15(22)19-7-6-13(20)14(21)12-5-4-11(18)8-10(12)9-17/h4-5,8,13-14,20-21H,6-7,18H2,1-3H3,(H,19,22). The van der Waals surface area contributed by atoms with E-state index in [1.807, 2.05) is 6.07 Å². The van der Waals surface area contributed by atoms with Gasteiger partial charge in [0.25, 0.3) is 0 Å². The molecule has 0 spiro atoms. The van der Waals surface area contributed by atoms with Gasteiger partial charge in [0.2, 0.25) is 0 Å². The van der Waals surface area contributed by atoms with E-state index < -0.39 is 23.9 Å². The van der Waals surface area contributed by atoms with Gasteiger partial charge in [0.15, 0.2) is 0 Å². The Labute approximate surface area is 135 Å². The smallest absolute Gasteiger partial charge is 0.407 e. The van der Waals surface area contributed by atoms with Crippen molar-refractivity contribution in [1.82, 2.24) is 5.32 Å². The van der Waals surface area contributed by atoms with Crippen LogP contribution in [0.2, 0.25) is 0 Å². The molecule has 2 atom stereocenters. The number of nitrogens with one attached hydrogen (secondary N) is 1. The Balaban J connectivity index is 2.57. The van der Waals surface area contributed by atoms with Gasteiger partial charge < -0.3 is 26.0 Å². The fourth-order valence-corrected chi connectivity index (χ4v) is 1.93. The maximum absolute atomic E-state index is 11.5. The fourth-order valence-electron chi connectivity index (χ4n) is 1.93. The van der Waals surface area contributed by atoms with Gasteiger partial charge in [0, 0.05) is 17.8 Å². The molecule has 0 heterocycles. The highest BCUT2D eigenvalue weighted by Crippen LogP contribution is 2.24. The number of hydrogen-bond acceptors (Lipinski definition) is 6. The molecule has 1 rings (SSSR count). The normalized spacial score (nSPS) is 13.7. The predicted octanol–water partition coefficient (Wildman–Crippen LogP) is 1.45. The number of benzene rings is 1. The number of rotatable bonds is 5. The number of ether oxygens (including phenoxy) is 1. The third kappa shape index (κ3) is 6.14. The first-order chi connectivity index (χ1) is 10.6. The molecule has 0 radical (unpaired) electrons. The first kappa shape index (κ1) is 18.7. The molecular formula is C16H23N3O4. The molecule has 1 aromatic rings. The maximum Gasteiger partial charge on any atom is 0.407 e. The lowest BCUT2D eigenvalue weighted by Gasteiger charge is -2.21. The van der Waals surface area contributed by atoms with Gasteiger partial charge in [-0.25, -0.2) is 4.79 Å². The average Bonchev–Trinajstić information content (AvgIpc) is 2.44. The van der Waals surface area contributed by atoms with Gasteiger partial charge in [-0.3, -0.25) is 0 Å². The number of alkyl carbamates (subject to hydrolysis) is 1. The molecule has 126 valence electrons. The summed E-state index contributed by atoms with van der Waals surface area (Å²) < 4.78 is 5.06. The van der Waals surface area contributed by atoms with Crippen molar-refractivity contribution < 1.29 is 19.7 Å². The number of amides is 1. The summed E-state index contributed by atoms with van der Waals surface area (Å²) in [7, 11) is 0. The third-order valence-corrected chi connectivity index (χ3v) is 2.99. The van der Waals surface area contributed by atoms with Crippen molar-refractivity contribution in [3.05, 3.63) is 29.3 Å². The van der Waals surface area contributed by atoms with Crippen LogP contribution in [-0.4, -0.2) is 34.6 Å². The molecule has 1 amide bonds. The second kappa shape index (κ2) is 7.81. The Hall–Kier alpha value is -2.30. The molecule has 23 heavy (non-hydrogen) atoms. The number of carbonyl (C=O) groups excluding carboxylic acids is 1. The van der Waals surface area contributed by atoms with Crippen LogP contribution < -0.4 is 11.1 Å². The second-order valence-electron chi connectivity index (χ2n) is 6.19. The quantitative estimate of drug-likeness (QED) is 0.608. The van der Waals surface area contributed by atoms with E-state index in [9.17, 15) is 15.0 Å². The van der Waals surface area contributed by atoms with E-state index in [0.29, 0.717) is 11.3 Å². The summed E-state index contributed by atoms with van der Waals surface area (Å²) in [6.45, 7) is 5.37. The lowest BCUT2D eigenvalue weighted by molar-refractivity contribution is 0.0121. The highest BCUT2D eigenvalue weighted by atomic mass is 16.6. The number of nitrogens with two attached hydrogens (primary N) is 1. The number of aliphatic hydroxyl groups excluding tert-OH is 2. The second-order valence-corrected chi connectivity index (χ2v) is 6.19. The summed E-state index contributed by atoms with van der Waals surface area (Å²) in [6.07, 6.45) is -2.87. The lowest BCUT2D eigenvalue weighted by Crippen LogP contribution is -2.34. The van der Waals surface area contributed by atoms with Crippen LogP contribution in [0.5, 0.6) is 0 Å². The molecule has 0 fully saturated rings. The minimum Gasteiger partial charge on any atom is -0.444 e. The minimum absolute atomic E-state index is 0.107. The number of anilines is 1. The topological polar surface area (TPSA) is 129 Å². The van der Waals surface area contributed by atoms with Crippen molar-refractivity contribution in [3.8, 4) is 6.07 Å². The van der Waals surface area contributed by atoms with Gasteiger partial charge in [0.05, 0.1) is 17.7 Å². The Morgan fingerprint density at radius 1 is 1.43 bits per heavy atom. The molecule has 0 aliphatic heterocycles. The number of nitriles is 1. The van der Waals surface area contributed by atoms with Gasteiger partial charge in [-0.05, 0) is 39.3 Å². The van der Waals surface area contributed by atoms with Crippen LogP contribution in [0.1, 0.15) is 44.4 Å². The molecule has 0 bridgehead atoms. The van der Waals surface area contributed by atoms with Crippen LogP contribution in [0, 0.1) is 11.3 Å². The zero-order valence-corrected chi connectivity index (χ0v) is 13.5. The zero-order valence-electron chi connectivity index (χ0n) is 13.5. The summed E-state index contributed by atoms with van der Waals surface area (Å²) in [6, 6.07) is 6.42. The Kier molecular flexibility index (Phi) is 6.37. The van der Waals surface area contributed by atoms with Crippen LogP contribution in [0.4, 0.5) is 10.5 Å². The molecule has 7 heteroatoms. The van der Waals surface area contributed by atoms with Crippen molar-refractivity contribution in [3.63, 3.8) is 0 Å². The first-order valence-corrected chi connectivity index (χ1v) is 7.26. The van der Waals surface area contributed by atoms with Crippen LogP contribution in [-0.2, 0) is 4.74 Å². The SMILES string of the molecule is CC(C)(C)OC(=O)NCCC(O)C(O)c1ccc(N)cc1C#N. The van der Waals surface area contributed by atoms with Crippen molar-refractivity contribution in [1.29, 1.82) is 5.26 Å². The fraction of sp³-hybridized carbons (Fsp3) is 0.500. The minimum atomic E-state index is -1.24. The predicted molar refractivity (Wildman–Crippen MR) is 85.4 cm³/mol. The van der Waals surface area contributed by atoms with E-state index in [4.69, 9.17) is 15.7 Å². The first-order valence-electron chi connectivity index (χ1n) is 7.26. The van der Waals surface area contributed by atoms with E-state index in [1.54, 1.807) is 26.8 Å². The van der Waals surface area contributed by atoms with Gasteiger partial charge in [-0.15, -0.1) is 0 Å². The largest absolute Gasteiger partial charge is 0.444 e. The lowest BCUT2D eigenvalue weighted by atomic mass is 9.97. The number of nitrogens with zero attached hydrogens (tertiary/aromatic N) is 1. The highest BCUT2D eigenvalue weighted by Gasteiger charge is 2.22. The molecule has 0 aliphatic carbocycles. The Bertz CT molecular complexity index is 590. The van der Waals surface area contributed by atoms with Crippen LogP contribution in [0.25, 0.3) is 0 Å². The van der Waals surface area contributed by atoms with Gasteiger partial charge in [-0.1, -0.05) is 6.07 Å².